The van der Waals surface area contributed by atoms with Crippen LogP contribution in [-0.2, 0) is 0 Å². The Morgan fingerprint density at radius 2 is 2.10 bits per heavy atom. The molecule has 0 aliphatic rings. The average molecular weight is 286 g/mol. The molecule has 5 nitrogen and oxygen atoms in total. The quantitative estimate of drug-likeness (QED) is 0.797. The van der Waals surface area contributed by atoms with Crippen molar-refractivity contribution in [3.8, 4) is 22.8 Å². The number of nitrogens with one attached hydrogen (secondary N) is 1. The Morgan fingerprint density at radius 1 is 1.29 bits per heavy atom. The maximum atomic E-state index is 13.6. The molecular formula is C15H15FN4O. The van der Waals surface area contributed by atoms with Crippen LogP contribution in [-0.4, -0.2) is 20.3 Å². The third-order valence-electron chi connectivity index (χ3n) is 3.33. The zero-order chi connectivity index (χ0) is 15.0. The summed E-state index contributed by atoms with van der Waals surface area (Å²) in [4.78, 5) is 4.33. The van der Waals surface area contributed by atoms with Crippen LogP contribution in [0, 0.1) is 12.7 Å². The van der Waals surface area contributed by atoms with E-state index in [0.29, 0.717) is 22.8 Å². The SMILES string of the molecule is Cc1ccc(-c2noc(-c3cn[nH]c3C(C)C)n2)cc1F. The molecule has 0 bridgehead atoms. The van der Waals surface area contributed by atoms with Crippen molar-refractivity contribution in [3.05, 3.63) is 41.5 Å². The van der Waals surface area contributed by atoms with Crippen LogP contribution < -0.4 is 0 Å². The van der Waals surface area contributed by atoms with Crippen molar-refractivity contribution in [3.63, 3.8) is 0 Å². The van der Waals surface area contributed by atoms with E-state index in [1.54, 1.807) is 25.3 Å². The number of nitrogens with zero attached hydrogens (tertiary/aromatic N) is 3. The van der Waals surface area contributed by atoms with Gasteiger partial charge < -0.3 is 4.52 Å². The van der Waals surface area contributed by atoms with Gasteiger partial charge in [-0.1, -0.05) is 31.1 Å². The molecule has 0 aliphatic carbocycles. The summed E-state index contributed by atoms with van der Waals surface area (Å²) in [6.45, 7) is 5.80. The summed E-state index contributed by atoms with van der Waals surface area (Å²) in [5.41, 5.74) is 2.87. The van der Waals surface area contributed by atoms with E-state index < -0.39 is 0 Å². The fourth-order valence-corrected chi connectivity index (χ4v) is 2.09. The van der Waals surface area contributed by atoms with Crippen molar-refractivity contribution in [1.29, 1.82) is 0 Å². The van der Waals surface area contributed by atoms with Gasteiger partial charge in [0.05, 0.1) is 17.5 Å². The summed E-state index contributed by atoms with van der Waals surface area (Å²) in [5.74, 6) is 0.711. The van der Waals surface area contributed by atoms with Crippen LogP contribution in [0.4, 0.5) is 4.39 Å². The lowest BCUT2D eigenvalue weighted by atomic mass is 10.1. The van der Waals surface area contributed by atoms with Crippen molar-refractivity contribution in [2.24, 2.45) is 0 Å². The highest BCUT2D eigenvalue weighted by Gasteiger charge is 2.18. The molecule has 0 radical (unpaired) electrons. The smallest absolute Gasteiger partial charge is 0.261 e. The number of hydrogen-bond acceptors (Lipinski definition) is 4. The van der Waals surface area contributed by atoms with E-state index in [1.807, 2.05) is 13.8 Å². The molecule has 108 valence electrons. The van der Waals surface area contributed by atoms with Gasteiger partial charge >= 0.3 is 0 Å². The van der Waals surface area contributed by atoms with Gasteiger partial charge in [0.1, 0.15) is 5.82 Å². The normalized spacial score (nSPS) is 11.3. The van der Waals surface area contributed by atoms with E-state index in [0.717, 1.165) is 11.3 Å². The summed E-state index contributed by atoms with van der Waals surface area (Å²) in [5, 5.41) is 10.9. The number of rotatable bonds is 3. The number of H-pyrrole nitrogens is 1. The van der Waals surface area contributed by atoms with Gasteiger partial charge in [-0.3, -0.25) is 5.10 Å². The zero-order valence-electron chi connectivity index (χ0n) is 12.0. The first-order valence-corrected chi connectivity index (χ1v) is 6.70. The fraction of sp³-hybridized carbons (Fsp3) is 0.267. The topological polar surface area (TPSA) is 67.6 Å². The molecule has 3 rings (SSSR count). The number of aromatic amines is 1. The maximum absolute atomic E-state index is 13.6. The Labute approximate surface area is 121 Å². The summed E-state index contributed by atoms with van der Waals surface area (Å²) in [6.07, 6.45) is 1.66. The largest absolute Gasteiger partial charge is 0.333 e. The monoisotopic (exact) mass is 286 g/mol. The lowest BCUT2D eigenvalue weighted by molar-refractivity contribution is 0.431. The minimum Gasteiger partial charge on any atom is -0.333 e. The second kappa shape index (κ2) is 5.12. The molecule has 0 spiro atoms. The van der Waals surface area contributed by atoms with E-state index in [4.69, 9.17) is 4.52 Å². The van der Waals surface area contributed by atoms with Gasteiger partial charge in [0.15, 0.2) is 0 Å². The predicted molar refractivity (Wildman–Crippen MR) is 76.1 cm³/mol. The predicted octanol–water partition coefficient (Wildman–Crippen LogP) is 3.70. The third-order valence-corrected chi connectivity index (χ3v) is 3.33. The molecule has 3 aromatic rings. The molecule has 2 heterocycles. The standard InChI is InChI=1S/C15H15FN4O/c1-8(2)13-11(7-17-19-13)15-18-14(20-21-15)10-5-4-9(3)12(16)6-10/h4-8H,1-3H3,(H,17,19). The molecule has 1 aromatic carbocycles. The van der Waals surface area contributed by atoms with Gasteiger partial charge in [0.2, 0.25) is 5.82 Å². The van der Waals surface area contributed by atoms with Crippen molar-refractivity contribution in [2.75, 3.05) is 0 Å². The lowest BCUT2D eigenvalue weighted by Crippen LogP contribution is -1.91. The second-order valence-corrected chi connectivity index (χ2v) is 5.24. The fourth-order valence-electron chi connectivity index (χ4n) is 2.09. The number of halogens is 1. The summed E-state index contributed by atoms with van der Waals surface area (Å²) in [7, 11) is 0. The first-order valence-electron chi connectivity index (χ1n) is 6.70. The first kappa shape index (κ1) is 13.5. The minimum atomic E-state index is -0.287. The molecule has 0 unspecified atom stereocenters. The highest BCUT2D eigenvalue weighted by molar-refractivity contribution is 5.61. The molecule has 0 fully saturated rings. The van der Waals surface area contributed by atoms with Gasteiger partial charge in [0, 0.05) is 5.56 Å². The van der Waals surface area contributed by atoms with Crippen molar-refractivity contribution in [2.45, 2.75) is 26.7 Å². The molecule has 0 atom stereocenters. The van der Waals surface area contributed by atoms with E-state index in [2.05, 4.69) is 20.3 Å². The molecule has 0 aliphatic heterocycles. The summed E-state index contributed by atoms with van der Waals surface area (Å²) in [6, 6.07) is 4.87. The highest BCUT2D eigenvalue weighted by Crippen LogP contribution is 2.28. The Kier molecular flexibility index (Phi) is 3.29. The maximum Gasteiger partial charge on any atom is 0.261 e. The molecular weight excluding hydrogens is 271 g/mol. The summed E-state index contributed by atoms with van der Waals surface area (Å²) < 4.78 is 18.9. The van der Waals surface area contributed by atoms with Crippen LogP contribution >= 0.6 is 0 Å². The summed E-state index contributed by atoms with van der Waals surface area (Å²) >= 11 is 0. The van der Waals surface area contributed by atoms with Crippen LogP contribution in [0.2, 0.25) is 0 Å². The number of hydrogen-bond donors (Lipinski definition) is 1. The van der Waals surface area contributed by atoms with Gasteiger partial charge in [-0.05, 0) is 24.5 Å². The molecule has 1 N–H and O–H groups in total. The first-order chi connectivity index (χ1) is 10.1. The Hall–Kier alpha value is -2.50. The molecule has 21 heavy (non-hydrogen) atoms. The van der Waals surface area contributed by atoms with Crippen LogP contribution in [0.1, 0.15) is 31.0 Å². The van der Waals surface area contributed by atoms with Crippen LogP contribution in [0.3, 0.4) is 0 Å². The molecule has 0 saturated heterocycles. The third kappa shape index (κ3) is 2.44. The van der Waals surface area contributed by atoms with Gasteiger partial charge in [-0.2, -0.15) is 10.1 Å². The van der Waals surface area contributed by atoms with Crippen molar-refractivity contribution in [1.82, 2.24) is 20.3 Å². The number of aryl methyl sites for hydroxylation is 1. The van der Waals surface area contributed by atoms with Crippen molar-refractivity contribution < 1.29 is 8.91 Å². The molecule has 2 aromatic heterocycles. The van der Waals surface area contributed by atoms with Gasteiger partial charge in [-0.15, -0.1) is 0 Å². The highest BCUT2D eigenvalue weighted by atomic mass is 19.1. The zero-order valence-corrected chi connectivity index (χ0v) is 12.0. The molecule has 6 heteroatoms. The Bertz CT molecular complexity index is 776. The van der Waals surface area contributed by atoms with E-state index >= 15 is 0 Å². The minimum absolute atomic E-state index is 0.259. The Morgan fingerprint density at radius 3 is 2.81 bits per heavy atom. The van der Waals surface area contributed by atoms with Crippen LogP contribution in [0.5, 0.6) is 0 Å². The molecule has 0 saturated carbocycles. The average Bonchev–Trinajstić information content (AvgIpc) is 3.09. The van der Waals surface area contributed by atoms with Crippen LogP contribution in [0.15, 0.2) is 28.9 Å². The second-order valence-electron chi connectivity index (χ2n) is 5.24. The van der Waals surface area contributed by atoms with E-state index in [1.165, 1.54) is 6.07 Å². The van der Waals surface area contributed by atoms with Gasteiger partial charge in [0.25, 0.3) is 5.89 Å². The lowest BCUT2D eigenvalue weighted by Gasteiger charge is -2.01. The van der Waals surface area contributed by atoms with E-state index in [9.17, 15) is 4.39 Å². The molecule has 0 amide bonds. The van der Waals surface area contributed by atoms with E-state index in [-0.39, 0.29) is 11.7 Å². The van der Waals surface area contributed by atoms with Crippen molar-refractivity contribution >= 4 is 0 Å². The number of benzene rings is 1. The van der Waals surface area contributed by atoms with Crippen LogP contribution in [0.25, 0.3) is 22.8 Å². The Balaban J connectivity index is 2.00. The van der Waals surface area contributed by atoms with Gasteiger partial charge in [-0.25, -0.2) is 4.39 Å². The number of aromatic nitrogens is 4.